The van der Waals surface area contributed by atoms with E-state index in [9.17, 15) is 0 Å². The highest BCUT2D eigenvalue weighted by Crippen LogP contribution is 2.02. The van der Waals surface area contributed by atoms with Crippen LogP contribution in [0.3, 0.4) is 0 Å². The van der Waals surface area contributed by atoms with Crippen LogP contribution in [-0.2, 0) is 0 Å². The zero-order valence-corrected chi connectivity index (χ0v) is 6.36. The molecule has 0 fully saturated rings. The molecule has 0 aromatic carbocycles. The van der Waals surface area contributed by atoms with Gasteiger partial charge >= 0.3 is 0 Å². The van der Waals surface area contributed by atoms with Crippen LogP contribution in [0, 0.1) is 5.92 Å². The third kappa shape index (κ3) is 4.13. The first-order valence-corrected chi connectivity index (χ1v) is 3.34. The molecule has 0 radical (unpaired) electrons. The third-order valence-electron chi connectivity index (χ3n) is 1.32. The summed E-state index contributed by atoms with van der Waals surface area (Å²) in [5, 5.41) is 3.20. The normalized spacial score (nSPS) is 14.6. The molecule has 0 aromatic heterocycles. The molecule has 0 aliphatic carbocycles. The maximum absolute atomic E-state index is 3.20. The van der Waals surface area contributed by atoms with Crippen LogP contribution in [0.4, 0.5) is 0 Å². The van der Waals surface area contributed by atoms with E-state index in [1.165, 1.54) is 6.42 Å². The molecule has 0 bridgehead atoms. The van der Waals surface area contributed by atoms with Gasteiger partial charge in [-0.1, -0.05) is 13.8 Å². The average molecular weight is 115 g/mol. The molecule has 8 heavy (non-hydrogen) atoms. The number of hydrogen-bond donors (Lipinski definition) is 1. The topological polar surface area (TPSA) is 12.0 Å². The molecule has 1 nitrogen and oxygen atoms in total. The number of hydrogen-bond acceptors (Lipinski definition) is 1. The first kappa shape index (κ1) is 7.96. The van der Waals surface area contributed by atoms with Crippen LogP contribution in [0.2, 0.25) is 0 Å². The Morgan fingerprint density at radius 2 is 1.75 bits per heavy atom. The smallest absolute Gasteiger partial charge is 0.00381 e. The summed E-state index contributed by atoms with van der Waals surface area (Å²) in [7, 11) is 2.01. The molecule has 0 heterocycles. The van der Waals surface area contributed by atoms with Gasteiger partial charge in [-0.25, -0.2) is 0 Å². The predicted molar refractivity (Wildman–Crippen MR) is 38.0 cm³/mol. The summed E-state index contributed by atoms with van der Waals surface area (Å²) in [6.07, 6.45) is 1.27. The molecule has 0 aliphatic rings. The summed E-state index contributed by atoms with van der Waals surface area (Å²) < 4.78 is 0. The molecule has 1 unspecified atom stereocenters. The summed E-state index contributed by atoms with van der Waals surface area (Å²) in [4.78, 5) is 0. The van der Waals surface area contributed by atoms with E-state index in [4.69, 9.17) is 0 Å². The molecule has 1 atom stereocenters. The first-order valence-electron chi connectivity index (χ1n) is 3.34. The highest BCUT2D eigenvalue weighted by molar-refractivity contribution is 4.58. The molecule has 0 aliphatic heterocycles. The Balaban J connectivity index is 3.10. The van der Waals surface area contributed by atoms with E-state index in [1.807, 2.05) is 7.05 Å². The van der Waals surface area contributed by atoms with Crippen molar-refractivity contribution in [3.05, 3.63) is 0 Å². The average Bonchev–Trinajstić information content (AvgIpc) is 1.65. The maximum atomic E-state index is 3.20. The van der Waals surface area contributed by atoms with Gasteiger partial charge in [0, 0.05) is 6.04 Å². The molecule has 0 rings (SSSR count). The van der Waals surface area contributed by atoms with Gasteiger partial charge < -0.3 is 5.32 Å². The lowest BCUT2D eigenvalue weighted by Crippen LogP contribution is -2.22. The van der Waals surface area contributed by atoms with Crippen LogP contribution in [-0.4, -0.2) is 13.1 Å². The summed E-state index contributed by atoms with van der Waals surface area (Å²) in [6.45, 7) is 6.70. The minimum atomic E-state index is 0.676. The highest BCUT2D eigenvalue weighted by atomic mass is 14.8. The van der Waals surface area contributed by atoms with Gasteiger partial charge in [-0.3, -0.25) is 0 Å². The zero-order valence-electron chi connectivity index (χ0n) is 6.36. The standard InChI is InChI=1S/C7H17N/c1-6(2)5-7(3)8-4/h6-8H,5H2,1-4H3. The van der Waals surface area contributed by atoms with E-state index >= 15 is 0 Å². The molecule has 0 saturated carbocycles. The fourth-order valence-electron chi connectivity index (χ4n) is 0.825. The number of rotatable bonds is 3. The molecule has 0 amide bonds. The Kier molecular flexibility index (Phi) is 3.88. The van der Waals surface area contributed by atoms with Crippen molar-refractivity contribution in [2.45, 2.75) is 33.2 Å². The molecule has 0 aromatic rings. The monoisotopic (exact) mass is 115 g/mol. The van der Waals surface area contributed by atoms with Crippen molar-refractivity contribution in [3.8, 4) is 0 Å². The molecule has 1 N–H and O–H groups in total. The fraction of sp³-hybridized carbons (Fsp3) is 1.00. The van der Waals surface area contributed by atoms with Crippen molar-refractivity contribution in [1.29, 1.82) is 0 Å². The van der Waals surface area contributed by atoms with Crippen molar-refractivity contribution in [2.24, 2.45) is 5.92 Å². The Morgan fingerprint density at radius 3 is 1.88 bits per heavy atom. The van der Waals surface area contributed by atoms with Crippen molar-refractivity contribution in [3.63, 3.8) is 0 Å². The maximum Gasteiger partial charge on any atom is 0.00381 e. The van der Waals surface area contributed by atoms with Crippen molar-refractivity contribution in [1.82, 2.24) is 5.32 Å². The third-order valence-corrected chi connectivity index (χ3v) is 1.32. The van der Waals surface area contributed by atoms with Crippen LogP contribution < -0.4 is 5.32 Å². The molecular formula is C7H17N. The Hall–Kier alpha value is -0.0400. The van der Waals surface area contributed by atoms with Gasteiger partial charge in [0.15, 0.2) is 0 Å². The first-order chi connectivity index (χ1) is 3.66. The largest absolute Gasteiger partial charge is 0.317 e. The van der Waals surface area contributed by atoms with Gasteiger partial charge in [-0.05, 0) is 26.3 Å². The summed E-state index contributed by atoms with van der Waals surface area (Å²) in [5.74, 6) is 0.817. The van der Waals surface area contributed by atoms with Gasteiger partial charge in [0.25, 0.3) is 0 Å². The van der Waals surface area contributed by atoms with Crippen LogP contribution >= 0.6 is 0 Å². The fourth-order valence-corrected chi connectivity index (χ4v) is 0.825. The van der Waals surface area contributed by atoms with Crippen molar-refractivity contribution in [2.75, 3.05) is 7.05 Å². The Labute approximate surface area is 52.5 Å². The van der Waals surface area contributed by atoms with E-state index in [2.05, 4.69) is 26.1 Å². The second-order valence-corrected chi connectivity index (χ2v) is 2.82. The minimum absolute atomic E-state index is 0.676. The second-order valence-electron chi connectivity index (χ2n) is 2.82. The van der Waals surface area contributed by atoms with Gasteiger partial charge in [0.1, 0.15) is 0 Å². The van der Waals surface area contributed by atoms with E-state index in [1.54, 1.807) is 0 Å². The zero-order chi connectivity index (χ0) is 6.57. The lowest BCUT2D eigenvalue weighted by Gasteiger charge is -2.11. The lowest BCUT2D eigenvalue weighted by atomic mass is 10.1. The van der Waals surface area contributed by atoms with Crippen molar-refractivity contribution >= 4 is 0 Å². The number of nitrogens with one attached hydrogen (secondary N) is 1. The van der Waals surface area contributed by atoms with Crippen LogP contribution in [0.5, 0.6) is 0 Å². The molecule has 0 saturated heterocycles. The summed E-state index contributed by atoms with van der Waals surface area (Å²) in [5.41, 5.74) is 0. The van der Waals surface area contributed by atoms with Gasteiger partial charge in [-0.2, -0.15) is 0 Å². The molecular weight excluding hydrogens is 98.1 g/mol. The predicted octanol–water partition coefficient (Wildman–Crippen LogP) is 1.64. The second kappa shape index (κ2) is 3.90. The lowest BCUT2D eigenvalue weighted by molar-refractivity contribution is 0.469. The van der Waals surface area contributed by atoms with Crippen LogP contribution in [0.25, 0.3) is 0 Å². The summed E-state index contributed by atoms with van der Waals surface area (Å²) >= 11 is 0. The van der Waals surface area contributed by atoms with E-state index in [0.717, 1.165) is 5.92 Å². The van der Waals surface area contributed by atoms with Gasteiger partial charge in [0.05, 0.1) is 0 Å². The molecule has 1 heteroatoms. The van der Waals surface area contributed by atoms with E-state index in [0.29, 0.717) is 6.04 Å². The summed E-state index contributed by atoms with van der Waals surface area (Å²) in [6, 6.07) is 0.676. The SMILES string of the molecule is CNC(C)CC(C)C. The van der Waals surface area contributed by atoms with E-state index < -0.39 is 0 Å². The molecule has 0 spiro atoms. The van der Waals surface area contributed by atoms with Crippen LogP contribution in [0.1, 0.15) is 27.2 Å². The highest BCUT2D eigenvalue weighted by Gasteiger charge is 1.99. The Morgan fingerprint density at radius 1 is 1.25 bits per heavy atom. The quantitative estimate of drug-likeness (QED) is 0.589. The molecule has 50 valence electrons. The van der Waals surface area contributed by atoms with Crippen LogP contribution in [0.15, 0.2) is 0 Å². The van der Waals surface area contributed by atoms with Gasteiger partial charge in [0.2, 0.25) is 0 Å². The Bertz CT molecular complexity index is 50.3. The van der Waals surface area contributed by atoms with E-state index in [-0.39, 0.29) is 0 Å². The van der Waals surface area contributed by atoms with Crippen molar-refractivity contribution < 1.29 is 0 Å². The van der Waals surface area contributed by atoms with Gasteiger partial charge in [-0.15, -0.1) is 0 Å². The minimum Gasteiger partial charge on any atom is -0.317 e.